The summed E-state index contributed by atoms with van der Waals surface area (Å²) in [5.41, 5.74) is 1.00. The van der Waals surface area contributed by atoms with Gasteiger partial charge in [0.05, 0.1) is 13.7 Å². The number of methoxy groups -OCH3 is 1. The van der Waals surface area contributed by atoms with E-state index < -0.39 is 5.97 Å². The third-order valence-electron chi connectivity index (χ3n) is 3.52. The fourth-order valence-electron chi connectivity index (χ4n) is 2.19. The van der Waals surface area contributed by atoms with Gasteiger partial charge in [-0.2, -0.15) is 4.98 Å². The van der Waals surface area contributed by atoms with E-state index in [1.165, 1.54) is 7.11 Å². The zero-order valence-electron chi connectivity index (χ0n) is 12.2. The Labute approximate surface area is 127 Å². The number of carbonyl (C=O) groups is 1. The Balaban J connectivity index is 1.58. The normalized spacial score (nSPS) is 14.0. The number of carboxylic acid groups (broad SMARTS) is 1. The summed E-state index contributed by atoms with van der Waals surface area (Å²) in [5.74, 6) is 1.12. The van der Waals surface area contributed by atoms with Crippen LogP contribution in [0.5, 0.6) is 5.75 Å². The van der Waals surface area contributed by atoms with Crippen LogP contribution in [0.2, 0.25) is 0 Å². The number of nitrogens with zero attached hydrogens (tertiary/aromatic N) is 2. The van der Waals surface area contributed by atoms with Crippen LogP contribution in [-0.4, -0.2) is 28.3 Å². The topological polar surface area (TPSA) is 97.5 Å². The quantitative estimate of drug-likeness (QED) is 0.806. The molecule has 1 fully saturated rings. The van der Waals surface area contributed by atoms with Crippen LogP contribution in [0.1, 0.15) is 46.4 Å². The molecule has 0 radical (unpaired) electrons. The Bertz CT molecular complexity index is 679. The largest absolute Gasteiger partial charge is 0.496 e. The smallest absolute Gasteiger partial charge is 0.339 e. The molecule has 1 aromatic heterocycles. The van der Waals surface area contributed by atoms with E-state index in [4.69, 9.17) is 14.4 Å². The van der Waals surface area contributed by atoms with Crippen molar-refractivity contribution in [2.24, 2.45) is 0 Å². The van der Waals surface area contributed by atoms with Crippen LogP contribution >= 0.6 is 0 Å². The van der Waals surface area contributed by atoms with Crippen LogP contribution in [0.25, 0.3) is 0 Å². The zero-order valence-corrected chi connectivity index (χ0v) is 12.2. The maximum absolute atomic E-state index is 11.2. The molecule has 22 heavy (non-hydrogen) atoms. The lowest BCUT2D eigenvalue weighted by atomic mass is 10.1. The predicted octanol–water partition coefficient (Wildman–Crippen LogP) is 1.94. The summed E-state index contributed by atoms with van der Waals surface area (Å²) in [4.78, 5) is 15.5. The number of nitrogens with one attached hydrogen (secondary N) is 1. The minimum atomic E-state index is -1.01. The number of hydrogen-bond acceptors (Lipinski definition) is 6. The molecule has 0 bridgehead atoms. The molecule has 0 atom stereocenters. The molecule has 2 N–H and O–H groups in total. The lowest BCUT2D eigenvalue weighted by Gasteiger charge is -2.08. The van der Waals surface area contributed by atoms with Crippen molar-refractivity contribution in [3.8, 4) is 5.75 Å². The number of ether oxygens (including phenoxy) is 1. The van der Waals surface area contributed by atoms with Gasteiger partial charge in [-0.1, -0.05) is 11.2 Å². The molecule has 0 aliphatic heterocycles. The van der Waals surface area contributed by atoms with Crippen molar-refractivity contribution in [3.63, 3.8) is 0 Å². The van der Waals surface area contributed by atoms with Gasteiger partial charge in [-0.3, -0.25) is 0 Å². The maximum Gasteiger partial charge on any atom is 0.339 e. The van der Waals surface area contributed by atoms with Crippen LogP contribution in [0.3, 0.4) is 0 Å². The van der Waals surface area contributed by atoms with Crippen LogP contribution < -0.4 is 10.1 Å². The predicted molar refractivity (Wildman–Crippen MR) is 76.8 cm³/mol. The standard InChI is InChI=1S/C15H17N3O4/c1-21-12-5-2-9(6-11(12)15(19)20)7-16-8-13-17-14(22-18-13)10-3-4-10/h2,5-6,10,16H,3-4,7-8H2,1H3,(H,19,20). The number of carboxylic acids is 1. The van der Waals surface area contributed by atoms with E-state index in [9.17, 15) is 4.79 Å². The SMILES string of the molecule is COc1ccc(CNCc2noc(C3CC3)n2)cc1C(=O)O. The molecule has 3 rings (SSSR count). The van der Waals surface area contributed by atoms with E-state index in [-0.39, 0.29) is 5.56 Å². The van der Waals surface area contributed by atoms with Crippen LogP contribution in [0.4, 0.5) is 0 Å². The molecule has 7 nitrogen and oxygen atoms in total. The Morgan fingerprint density at radius 2 is 2.27 bits per heavy atom. The average Bonchev–Trinajstić information content (AvgIpc) is 3.27. The van der Waals surface area contributed by atoms with Crippen molar-refractivity contribution in [2.75, 3.05) is 7.11 Å². The van der Waals surface area contributed by atoms with E-state index in [0.29, 0.717) is 30.6 Å². The molecular weight excluding hydrogens is 286 g/mol. The molecule has 1 aliphatic carbocycles. The number of aromatic carboxylic acids is 1. The highest BCUT2D eigenvalue weighted by Crippen LogP contribution is 2.38. The van der Waals surface area contributed by atoms with Gasteiger partial charge in [-0.25, -0.2) is 4.79 Å². The first-order valence-electron chi connectivity index (χ1n) is 7.11. The first-order chi connectivity index (χ1) is 10.7. The Morgan fingerprint density at radius 3 is 2.95 bits per heavy atom. The second-order valence-corrected chi connectivity index (χ2v) is 5.27. The van der Waals surface area contributed by atoms with Gasteiger partial charge in [0.1, 0.15) is 11.3 Å². The molecule has 116 valence electrons. The Kier molecular flexibility index (Phi) is 4.06. The van der Waals surface area contributed by atoms with Gasteiger partial charge in [0.15, 0.2) is 5.82 Å². The second kappa shape index (κ2) is 6.15. The molecule has 1 aromatic carbocycles. The van der Waals surface area contributed by atoms with E-state index in [2.05, 4.69) is 15.5 Å². The lowest BCUT2D eigenvalue weighted by molar-refractivity contribution is 0.0693. The molecule has 1 saturated carbocycles. The van der Waals surface area contributed by atoms with Crippen molar-refractivity contribution in [1.29, 1.82) is 0 Å². The van der Waals surface area contributed by atoms with Gasteiger partial charge in [-0.05, 0) is 30.5 Å². The molecule has 1 heterocycles. The summed E-state index contributed by atoms with van der Waals surface area (Å²) in [6.07, 6.45) is 2.25. The lowest BCUT2D eigenvalue weighted by Crippen LogP contribution is -2.14. The Morgan fingerprint density at radius 1 is 1.45 bits per heavy atom. The summed E-state index contributed by atoms with van der Waals surface area (Å²) in [5, 5.41) is 16.2. The first-order valence-corrected chi connectivity index (χ1v) is 7.11. The summed E-state index contributed by atoms with van der Waals surface area (Å²) >= 11 is 0. The molecule has 7 heteroatoms. The fraction of sp³-hybridized carbons (Fsp3) is 0.400. The monoisotopic (exact) mass is 303 g/mol. The third-order valence-corrected chi connectivity index (χ3v) is 3.52. The number of benzene rings is 1. The van der Waals surface area contributed by atoms with Gasteiger partial charge in [-0.15, -0.1) is 0 Å². The molecule has 0 amide bonds. The zero-order chi connectivity index (χ0) is 15.5. The highest BCUT2D eigenvalue weighted by Gasteiger charge is 2.29. The molecule has 0 saturated heterocycles. The maximum atomic E-state index is 11.2. The van der Waals surface area contributed by atoms with Crippen molar-refractivity contribution >= 4 is 5.97 Å². The first kappa shape index (κ1) is 14.5. The average molecular weight is 303 g/mol. The van der Waals surface area contributed by atoms with Crippen molar-refractivity contribution in [2.45, 2.75) is 31.8 Å². The molecule has 2 aromatic rings. The van der Waals surface area contributed by atoms with Gasteiger partial charge in [0, 0.05) is 12.5 Å². The summed E-state index contributed by atoms with van der Waals surface area (Å²) in [6, 6.07) is 5.07. The van der Waals surface area contributed by atoms with Crippen molar-refractivity contribution in [3.05, 3.63) is 41.0 Å². The van der Waals surface area contributed by atoms with Gasteiger partial charge >= 0.3 is 5.97 Å². The van der Waals surface area contributed by atoms with Gasteiger partial charge in [0.25, 0.3) is 0 Å². The summed E-state index contributed by atoms with van der Waals surface area (Å²) in [7, 11) is 1.45. The van der Waals surface area contributed by atoms with E-state index in [1.807, 2.05) is 6.07 Å². The van der Waals surface area contributed by atoms with Crippen LogP contribution in [0, 0.1) is 0 Å². The molecular formula is C15H17N3O4. The van der Waals surface area contributed by atoms with Gasteiger partial charge in [0.2, 0.25) is 5.89 Å². The van der Waals surface area contributed by atoms with Crippen molar-refractivity contribution in [1.82, 2.24) is 15.5 Å². The number of rotatable bonds is 7. The highest BCUT2D eigenvalue weighted by atomic mass is 16.5. The number of hydrogen-bond donors (Lipinski definition) is 2. The van der Waals surface area contributed by atoms with E-state index in [0.717, 1.165) is 24.3 Å². The van der Waals surface area contributed by atoms with Crippen LogP contribution in [0.15, 0.2) is 22.7 Å². The fourth-order valence-corrected chi connectivity index (χ4v) is 2.19. The summed E-state index contributed by atoms with van der Waals surface area (Å²) < 4.78 is 10.2. The van der Waals surface area contributed by atoms with E-state index in [1.54, 1.807) is 12.1 Å². The van der Waals surface area contributed by atoms with Gasteiger partial charge < -0.3 is 19.7 Å². The number of aromatic nitrogens is 2. The molecule has 0 unspecified atom stereocenters. The second-order valence-electron chi connectivity index (χ2n) is 5.27. The summed E-state index contributed by atoms with van der Waals surface area (Å²) in [6.45, 7) is 0.988. The van der Waals surface area contributed by atoms with E-state index >= 15 is 0 Å². The third kappa shape index (κ3) is 3.25. The molecule has 0 spiro atoms. The van der Waals surface area contributed by atoms with Crippen LogP contribution in [-0.2, 0) is 13.1 Å². The molecule has 1 aliphatic rings. The minimum absolute atomic E-state index is 0.150. The minimum Gasteiger partial charge on any atom is -0.496 e. The Hall–Kier alpha value is -2.41. The van der Waals surface area contributed by atoms with Crippen molar-refractivity contribution < 1.29 is 19.2 Å². The highest BCUT2D eigenvalue weighted by molar-refractivity contribution is 5.91.